The van der Waals surface area contributed by atoms with E-state index in [0.29, 0.717) is 0 Å². The third kappa shape index (κ3) is 6.73. The summed E-state index contributed by atoms with van der Waals surface area (Å²) in [7, 11) is 0. The van der Waals surface area contributed by atoms with E-state index in [2.05, 4.69) is 254 Å². The molecule has 61 heavy (non-hydrogen) atoms. The van der Waals surface area contributed by atoms with Gasteiger partial charge in [0.1, 0.15) is 0 Å². The van der Waals surface area contributed by atoms with Crippen LogP contribution in [0.15, 0.2) is 249 Å². The molecule has 0 saturated heterocycles. The van der Waals surface area contributed by atoms with Gasteiger partial charge in [0, 0.05) is 17.1 Å². The summed E-state index contributed by atoms with van der Waals surface area (Å²) in [6, 6.07) is 90.3. The number of anilines is 3. The third-order valence-electron chi connectivity index (χ3n) is 12.1. The van der Waals surface area contributed by atoms with Gasteiger partial charge in [0.25, 0.3) is 0 Å². The molecule has 0 aromatic heterocycles. The van der Waals surface area contributed by atoms with Gasteiger partial charge in [-0.15, -0.1) is 0 Å². The molecule has 0 atom stereocenters. The molecule has 0 unspecified atom stereocenters. The molecule has 0 aliphatic carbocycles. The van der Waals surface area contributed by atoms with Crippen molar-refractivity contribution in [2.24, 2.45) is 0 Å². The number of benzene rings is 11. The van der Waals surface area contributed by atoms with E-state index in [1.54, 1.807) is 0 Å². The Morgan fingerprint density at radius 1 is 0.213 bits per heavy atom. The predicted octanol–water partition coefficient (Wildman–Crippen LogP) is 17.0. The molecular weight excluding hydrogens is 735 g/mol. The Balaban J connectivity index is 1.02. The van der Waals surface area contributed by atoms with Crippen LogP contribution in [0.2, 0.25) is 0 Å². The van der Waals surface area contributed by atoms with Crippen molar-refractivity contribution in [2.75, 3.05) is 4.90 Å². The average Bonchev–Trinajstić information content (AvgIpc) is 3.35. The standard InChI is InChI=1S/C60H41N/c1-4-15-42(16-5-1)43-27-34-50(35-28-43)61(52-38-31-46(32-39-52)54-26-14-22-45-17-10-11-23-53(45)54)51-36-29-44(30-37-51)49-33-40-56-55-24-12-13-25-57(55)59(47-18-6-2-7-19-47)60(58(56)41-49)48-20-8-3-9-21-48/h1-41H. The predicted molar refractivity (Wildman–Crippen MR) is 261 cm³/mol. The number of fused-ring (bicyclic) bond motifs is 4. The first-order chi connectivity index (χ1) is 30.3. The minimum absolute atomic E-state index is 1.09. The largest absolute Gasteiger partial charge is 0.311 e. The van der Waals surface area contributed by atoms with Crippen molar-refractivity contribution in [1.82, 2.24) is 0 Å². The van der Waals surface area contributed by atoms with Crippen LogP contribution in [0.1, 0.15) is 0 Å². The summed E-state index contributed by atoms with van der Waals surface area (Å²) >= 11 is 0. The topological polar surface area (TPSA) is 3.24 Å². The number of nitrogens with zero attached hydrogens (tertiary/aromatic N) is 1. The maximum absolute atomic E-state index is 2.40. The van der Waals surface area contributed by atoms with Gasteiger partial charge in [-0.05, 0) is 130 Å². The second-order valence-corrected chi connectivity index (χ2v) is 15.7. The van der Waals surface area contributed by atoms with E-state index < -0.39 is 0 Å². The molecule has 1 nitrogen and oxygen atoms in total. The van der Waals surface area contributed by atoms with E-state index in [9.17, 15) is 0 Å². The van der Waals surface area contributed by atoms with Crippen molar-refractivity contribution < 1.29 is 0 Å². The lowest BCUT2D eigenvalue weighted by Gasteiger charge is -2.26. The van der Waals surface area contributed by atoms with Crippen LogP contribution in [0.3, 0.4) is 0 Å². The van der Waals surface area contributed by atoms with E-state index in [4.69, 9.17) is 0 Å². The molecule has 286 valence electrons. The monoisotopic (exact) mass is 775 g/mol. The summed E-state index contributed by atoms with van der Waals surface area (Å²) < 4.78 is 0. The first-order valence-electron chi connectivity index (χ1n) is 21.0. The maximum atomic E-state index is 2.40. The molecule has 0 fully saturated rings. The molecule has 0 bridgehead atoms. The van der Waals surface area contributed by atoms with E-state index in [1.165, 1.54) is 88.0 Å². The van der Waals surface area contributed by atoms with Gasteiger partial charge in [-0.3, -0.25) is 0 Å². The first kappa shape index (κ1) is 36.1. The van der Waals surface area contributed by atoms with Crippen LogP contribution < -0.4 is 4.90 Å². The zero-order valence-corrected chi connectivity index (χ0v) is 33.6. The fourth-order valence-corrected chi connectivity index (χ4v) is 9.13. The van der Waals surface area contributed by atoms with Gasteiger partial charge in [-0.2, -0.15) is 0 Å². The summed E-state index contributed by atoms with van der Waals surface area (Å²) in [6.07, 6.45) is 0. The molecular formula is C60H41N. The van der Waals surface area contributed by atoms with Gasteiger partial charge in [0.15, 0.2) is 0 Å². The lowest BCUT2D eigenvalue weighted by atomic mass is 9.84. The van der Waals surface area contributed by atoms with Crippen molar-refractivity contribution >= 4 is 49.4 Å². The highest BCUT2D eigenvalue weighted by Crippen LogP contribution is 2.46. The van der Waals surface area contributed by atoms with Gasteiger partial charge in [0.2, 0.25) is 0 Å². The first-order valence-corrected chi connectivity index (χ1v) is 21.0. The van der Waals surface area contributed by atoms with Crippen LogP contribution in [-0.2, 0) is 0 Å². The zero-order chi connectivity index (χ0) is 40.5. The highest BCUT2D eigenvalue weighted by Gasteiger charge is 2.19. The Labute approximate surface area is 357 Å². The molecule has 0 amide bonds. The van der Waals surface area contributed by atoms with Crippen LogP contribution in [0.4, 0.5) is 17.1 Å². The van der Waals surface area contributed by atoms with Crippen molar-refractivity contribution in [2.45, 2.75) is 0 Å². The van der Waals surface area contributed by atoms with Gasteiger partial charge in [0.05, 0.1) is 0 Å². The van der Waals surface area contributed by atoms with Crippen molar-refractivity contribution in [3.8, 4) is 55.6 Å². The molecule has 0 N–H and O–H groups in total. The van der Waals surface area contributed by atoms with Gasteiger partial charge >= 0.3 is 0 Å². The SMILES string of the molecule is c1ccc(-c2ccc(N(c3ccc(-c4ccc5c(c4)c(-c4ccccc4)c(-c4ccccc4)c4ccccc45)cc3)c3ccc(-c4cccc5ccccc45)cc3)cc2)cc1. The average molecular weight is 776 g/mol. The fourth-order valence-electron chi connectivity index (χ4n) is 9.13. The van der Waals surface area contributed by atoms with Gasteiger partial charge < -0.3 is 4.90 Å². The smallest absolute Gasteiger partial charge is 0.0462 e. The third-order valence-corrected chi connectivity index (χ3v) is 12.1. The summed E-state index contributed by atoms with van der Waals surface area (Å²) in [5, 5.41) is 7.54. The Morgan fingerprint density at radius 2 is 0.607 bits per heavy atom. The van der Waals surface area contributed by atoms with Crippen molar-refractivity contribution in [3.63, 3.8) is 0 Å². The summed E-state index contributed by atoms with van der Waals surface area (Å²) in [5.74, 6) is 0. The second-order valence-electron chi connectivity index (χ2n) is 15.7. The highest BCUT2D eigenvalue weighted by molar-refractivity contribution is 6.22. The molecule has 1 heteroatoms. The lowest BCUT2D eigenvalue weighted by molar-refractivity contribution is 1.28. The maximum Gasteiger partial charge on any atom is 0.0462 e. The molecule has 0 radical (unpaired) electrons. The lowest BCUT2D eigenvalue weighted by Crippen LogP contribution is -2.09. The summed E-state index contributed by atoms with van der Waals surface area (Å²) in [6.45, 7) is 0. The highest BCUT2D eigenvalue weighted by atomic mass is 15.1. The van der Waals surface area contributed by atoms with E-state index in [-0.39, 0.29) is 0 Å². The Hall–Kier alpha value is -8.00. The van der Waals surface area contributed by atoms with Gasteiger partial charge in [-0.25, -0.2) is 0 Å². The van der Waals surface area contributed by atoms with Crippen molar-refractivity contribution in [3.05, 3.63) is 249 Å². The number of hydrogen-bond donors (Lipinski definition) is 0. The molecule has 0 aliphatic rings. The van der Waals surface area contributed by atoms with Crippen LogP contribution in [0.25, 0.3) is 88.0 Å². The van der Waals surface area contributed by atoms with E-state index in [0.717, 1.165) is 17.1 Å². The van der Waals surface area contributed by atoms with E-state index in [1.807, 2.05) is 0 Å². The summed E-state index contributed by atoms with van der Waals surface area (Å²) in [4.78, 5) is 2.36. The number of hydrogen-bond acceptors (Lipinski definition) is 1. The fraction of sp³-hybridized carbons (Fsp3) is 0. The van der Waals surface area contributed by atoms with E-state index >= 15 is 0 Å². The zero-order valence-electron chi connectivity index (χ0n) is 33.6. The minimum Gasteiger partial charge on any atom is -0.311 e. The Kier molecular flexibility index (Phi) is 9.26. The second kappa shape index (κ2) is 15.6. The van der Waals surface area contributed by atoms with Crippen LogP contribution in [-0.4, -0.2) is 0 Å². The quantitative estimate of drug-likeness (QED) is 0.139. The molecule has 11 aromatic carbocycles. The van der Waals surface area contributed by atoms with Crippen LogP contribution >= 0.6 is 0 Å². The molecule has 11 rings (SSSR count). The number of rotatable bonds is 8. The Morgan fingerprint density at radius 3 is 1.20 bits per heavy atom. The molecule has 0 heterocycles. The molecule has 0 aliphatic heterocycles. The summed E-state index contributed by atoms with van der Waals surface area (Å²) in [5.41, 5.74) is 15.4. The Bertz CT molecular complexity index is 3290. The van der Waals surface area contributed by atoms with Crippen LogP contribution in [0, 0.1) is 0 Å². The van der Waals surface area contributed by atoms with Crippen molar-refractivity contribution in [1.29, 1.82) is 0 Å². The molecule has 11 aromatic rings. The van der Waals surface area contributed by atoms with Gasteiger partial charge in [-0.1, -0.05) is 206 Å². The van der Waals surface area contributed by atoms with Crippen LogP contribution in [0.5, 0.6) is 0 Å². The normalized spacial score (nSPS) is 11.3. The molecule has 0 saturated carbocycles. The minimum atomic E-state index is 1.09. The molecule has 0 spiro atoms.